The van der Waals surface area contributed by atoms with Crippen molar-refractivity contribution in [3.8, 4) is 0 Å². The van der Waals surface area contributed by atoms with Gasteiger partial charge in [-0.1, -0.05) is 6.07 Å². The molecule has 0 saturated carbocycles. The fourth-order valence-electron chi connectivity index (χ4n) is 2.84. The Morgan fingerprint density at radius 2 is 2.14 bits per heavy atom. The molecule has 21 heavy (non-hydrogen) atoms. The van der Waals surface area contributed by atoms with Gasteiger partial charge in [-0.3, -0.25) is 9.59 Å². The number of benzene rings is 1. The summed E-state index contributed by atoms with van der Waals surface area (Å²) >= 11 is 0. The van der Waals surface area contributed by atoms with Crippen molar-refractivity contribution in [3.05, 3.63) is 35.1 Å². The fourth-order valence-corrected chi connectivity index (χ4v) is 2.84. The Kier molecular flexibility index (Phi) is 4.94. The first-order valence-corrected chi connectivity index (χ1v) is 7.28. The van der Waals surface area contributed by atoms with Gasteiger partial charge in [-0.05, 0) is 50.3 Å². The third-order valence-electron chi connectivity index (χ3n) is 4.01. The number of carbonyl (C=O) groups excluding carboxylic acids is 1. The predicted octanol–water partition coefficient (Wildman–Crippen LogP) is 2.99. The molecule has 0 radical (unpaired) electrons. The first-order chi connectivity index (χ1) is 9.99. The lowest BCUT2D eigenvalue weighted by molar-refractivity contribution is -0.137. The minimum absolute atomic E-state index is 0.0522. The molecule has 1 fully saturated rings. The maximum atomic E-state index is 13.4. The average Bonchev–Trinajstić information content (AvgIpc) is 2.47. The van der Waals surface area contributed by atoms with E-state index in [1.165, 1.54) is 12.1 Å². The van der Waals surface area contributed by atoms with Crippen molar-refractivity contribution < 1.29 is 19.1 Å². The molecule has 1 atom stereocenters. The SMILES string of the molecule is Cc1ccc(F)cc1C(=O)N1CCCCC1CCC(=O)O. The van der Waals surface area contributed by atoms with Gasteiger partial charge in [0.15, 0.2) is 0 Å². The van der Waals surface area contributed by atoms with Crippen LogP contribution in [0.25, 0.3) is 0 Å². The van der Waals surface area contributed by atoms with Crippen LogP contribution in [0.15, 0.2) is 18.2 Å². The molecule has 114 valence electrons. The number of amides is 1. The molecule has 1 aromatic carbocycles. The molecule has 0 aliphatic carbocycles. The summed E-state index contributed by atoms with van der Waals surface area (Å²) in [5.74, 6) is -1.47. The number of halogens is 1. The van der Waals surface area contributed by atoms with Gasteiger partial charge in [0, 0.05) is 24.6 Å². The van der Waals surface area contributed by atoms with Crippen molar-refractivity contribution >= 4 is 11.9 Å². The van der Waals surface area contributed by atoms with E-state index in [0.29, 0.717) is 18.5 Å². The zero-order valence-corrected chi connectivity index (χ0v) is 12.1. The van der Waals surface area contributed by atoms with E-state index in [0.717, 1.165) is 24.8 Å². The van der Waals surface area contributed by atoms with Crippen LogP contribution in [-0.4, -0.2) is 34.5 Å². The number of carboxylic acid groups (broad SMARTS) is 1. The van der Waals surface area contributed by atoms with Gasteiger partial charge in [-0.2, -0.15) is 0 Å². The second-order valence-electron chi connectivity index (χ2n) is 5.54. The highest BCUT2D eigenvalue weighted by Crippen LogP contribution is 2.24. The molecule has 1 heterocycles. The first kappa shape index (κ1) is 15.5. The lowest BCUT2D eigenvalue weighted by Gasteiger charge is -2.36. The van der Waals surface area contributed by atoms with Crippen molar-refractivity contribution in [1.82, 2.24) is 4.90 Å². The smallest absolute Gasteiger partial charge is 0.303 e. The number of rotatable bonds is 4. The Morgan fingerprint density at radius 1 is 1.38 bits per heavy atom. The zero-order chi connectivity index (χ0) is 15.4. The Balaban J connectivity index is 2.18. The van der Waals surface area contributed by atoms with Crippen molar-refractivity contribution in [1.29, 1.82) is 0 Å². The molecule has 1 N–H and O–H groups in total. The summed E-state index contributed by atoms with van der Waals surface area (Å²) in [5, 5.41) is 8.81. The van der Waals surface area contributed by atoms with Crippen LogP contribution in [0.2, 0.25) is 0 Å². The number of likely N-dealkylation sites (tertiary alicyclic amines) is 1. The maximum absolute atomic E-state index is 13.4. The number of carbonyl (C=O) groups is 2. The van der Waals surface area contributed by atoms with Crippen molar-refractivity contribution in [2.24, 2.45) is 0 Å². The predicted molar refractivity (Wildman–Crippen MR) is 76.7 cm³/mol. The van der Waals surface area contributed by atoms with Crippen LogP contribution in [0.3, 0.4) is 0 Å². The third kappa shape index (κ3) is 3.80. The van der Waals surface area contributed by atoms with Gasteiger partial charge < -0.3 is 10.0 Å². The highest BCUT2D eigenvalue weighted by molar-refractivity contribution is 5.96. The molecule has 1 unspecified atom stereocenters. The van der Waals surface area contributed by atoms with Crippen LogP contribution in [0.1, 0.15) is 48.0 Å². The van der Waals surface area contributed by atoms with Gasteiger partial charge in [0.1, 0.15) is 5.82 Å². The van der Waals surface area contributed by atoms with Crippen LogP contribution >= 0.6 is 0 Å². The number of aryl methyl sites for hydroxylation is 1. The van der Waals surface area contributed by atoms with Gasteiger partial charge >= 0.3 is 5.97 Å². The van der Waals surface area contributed by atoms with E-state index in [1.54, 1.807) is 17.9 Å². The molecular formula is C16H20FNO3. The molecule has 4 nitrogen and oxygen atoms in total. The Hall–Kier alpha value is -1.91. The number of piperidine rings is 1. The van der Waals surface area contributed by atoms with E-state index in [9.17, 15) is 14.0 Å². The normalized spacial score (nSPS) is 18.6. The third-order valence-corrected chi connectivity index (χ3v) is 4.01. The molecule has 0 bridgehead atoms. The Labute approximate surface area is 123 Å². The molecule has 1 aliphatic rings. The van der Waals surface area contributed by atoms with E-state index in [2.05, 4.69) is 0 Å². The highest BCUT2D eigenvalue weighted by Gasteiger charge is 2.28. The fraction of sp³-hybridized carbons (Fsp3) is 0.500. The summed E-state index contributed by atoms with van der Waals surface area (Å²) in [4.78, 5) is 25.1. The minimum Gasteiger partial charge on any atom is -0.481 e. The molecule has 1 aliphatic heterocycles. The Morgan fingerprint density at radius 3 is 2.86 bits per heavy atom. The molecule has 5 heteroatoms. The van der Waals surface area contributed by atoms with E-state index in [4.69, 9.17) is 5.11 Å². The minimum atomic E-state index is -0.852. The second kappa shape index (κ2) is 6.70. The molecule has 1 amide bonds. The van der Waals surface area contributed by atoms with Gasteiger partial charge in [-0.15, -0.1) is 0 Å². The maximum Gasteiger partial charge on any atom is 0.303 e. The highest BCUT2D eigenvalue weighted by atomic mass is 19.1. The second-order valence-corrected chi connectivity index (χ2v) is 5.54. The average molecular weight is 293 g/mol. The summed E-state index contributed by atoms with van der Waals surface area (Å²) in [5.41, 5.74) is 1.11. The molecule has 0 spiro atoms. The van der Waals surface area contributed by atoms with Gasteiger partial charge in [0.25, 0.3) is 5.91 Å². The molecule has 2 rings (SSSR count). The van der Waals surface area contributed by atoms with E-state index in [1.807, 2.05) is 0 Å². The van der Waals surface area contributed by atoms with Gasteiger partial charge in [-0.25, -0.2) is 4.39 Å². The summed E-state index contributed by atoms with van der Waals surface area (Å²) in [6, 6.07) is 4.13. The molecule has 1 aromatic rings. The monoisotopic (exact) mass is 293 g/mol. The molecule has 0 aromatic heterocycles. The van der Waals surface area contributed by atoms with Crippen molar-refractivity contribution in [2.45, 2.75) is 45.1 Å². The van der Waals surface area contributed by atoms with Gasteiger partial charge in [0.2, 0.25) is 0 Å². The van der Waals surface area contributed by atoms with Crippen LogP contribution in [0.4, 0.5) is 4.39 Å². The van der Waals surface area contributed by atoms with Crippen LogP contribution in [-0.2, 0) is 4.79 Å². The van der Waals surface area contributed by atoms with Crippen LogP contribution < -0.4 is 0 Å². The standard InChI is InChI=1S/C16H20FNO3/c1-11-5-6-12(17)10-14(11)16(21)18-9-3-2-4-13(18)7-8-15(19)20/h5-6,10,13H,2-4,7-9H2,1H3,(H,19,20). The van der Waals surface area contributed by atoms with Crippen LogP contribution in [0.5, 0.6) is 0 Å². The van der Waals surface area contributed by atoms with Crippen molar-refractivity contribution in [2.75, 3.05) is 6.54 Å². The van der Waals surface area contributed by atoms with E-state index in [-0.39, 0.29) is 18.4 Å². The van der Waals surface area contributed by atoms with E-state index < -0.39 is 11.8 Å². The number of carboxylic acids is 1. The molecule has 1 saturated heterocycles. The summed E-state index contributed by atoms with van der Waals surface area (Å²) < 4.78 is 13.4. The number of nitrogens with zero attached hydrogens (tertiary/aromatic N) is 1. The van der Waals surface area contributed by atoms with Crippen LogP contribution in [0, 0.1) is 12.7 Å². The summed E-state index contributed by atoms with van der Waals surface area (Å²) in [7, 11) is 0. The van der Waals surface area contributed by atoms with E-state index >= 15 is 0 Å². The van der Waals surface area contributed by atoms with Crippen molar-refractivity contribution in [3.63, 3.8) is 0 Å². The lowest BCUT2D eigenvalue weighted by atomic mass is 9.96. The largest absolute Gasteiger partial charge is 0.481 e. The zero-order valence-electron chi connectivity index (χ0n) is 12.1. The number of hydrogen-bond acceptors (Lipinski definition) is 2. The lowest BCUT2D eigenvalue weighted by Crippen LogP contribution is -2.44. The Bertz CT molecular complexity index is 544. The molecular weight excluding hydrogens is 273 g/mol. The number of aliphatic carboxylic acids is 1. The topological polar surface area (TPSA) is 57.6 Å². The summed E-state index contributed by atoms with van der Waals surface area (Å²) in [6.45, 7) is 2.39. The quantitative estimate of drug-likeness (QED) is 0.928. The first-order valence-electron chi connectivity index (χ1n) is 7.28. The summed E-state index contributed by atoms with van der Waals surface area (Å²) in [6.07, 6.45) is 3.22. The number of hydrogen-bond donors (Lipinski definition) is 1. The van der Waals surface area contributed by atoms with Gasteiger partial charge in [0.05, 0.1) is 0 Å².